The molecule has 2 fully saturated rings. The molecule has 0 bridgehead atoms. The molecule has 238 valence electrons. The summed E-state index contributed by atoms with van der Waals surface area (Å²) in [6.45, 7) is 0. The number of nitrogens with two attached hydrogens (primary N) is 2. The Kier molecular flexibility index (Phi) is 6.98. The number of aromatic amines is 3. The third kappa shape index (κ3) is 5.33. The molecule has 7 nitrogen and oxygen atoms in total. The molecule has 0 amide bonds. The lowest BCUT2D eigenvalue weighted by Gasteiger charge is -2.29. The molecule has 3 aromatic heterocycles. The fourth-order valence-electron chi connectivity index (χ4n) is 8.11. The van der Waals surface area contributed by atoms with E-state index in [0.717, 1.165) is 59.4 Å². The van der Waals surface area contributed by atoms with Crippen molar-refractivity contribution in [1.29, 1.82) is 0 Å². The Morgan fingerprint density at radius 2 is 0.851 bits per heavy atom. The third-order valence-corrected chi connectivity index (χ3v) is 10.8. The SMILES string of the molecule is NC1CCCCC1Nc1cc2cc(-c3ccc4[nH]c5ccc(-c6ccc7[nH]c(NC8CCCCC8N)cc7c6)cc5c4c3)ccc2[nH]1. The summed E-state index contributed by atoms with van der Waals surface area (Å²) in [5.74, 6) is 2.11. The van der Waals surface area contributed by atoms with Gasteiger partial charge in [0.2, 0.25) is 0 Å². The van der Waals surface area contributed by atoms with Crippen LogP contribution in [0, 0.1) is 0 Å². The second-order valence-corrected chi connectivity index (χ2v) is 14.0. The van der Waals surface area contributed by atoms with Crippen molar-refractivity contribution in [2.75, 3.05) is 10.6 Å². The van der Waals surface area contributed by atoms with E-state index in [1.807, 2.05) is 0 Å². The van der Waals surface area contributed by atoms with E-state index in [-0.39, 0.29) is 12.1 Å². The summed E-state index contributed by atoms with van der Waals surface area (Å²) < 4.78 is 0. The summed E-state index contributed by atoms with van der Waals surface area (Å²) in [6, 6.07) is 32.4. The van der Waals surface area contributed by atoms with E-state index in [1.54, 1.807) is 0 Å². The minimum Gasteiger partial charge on any atom is -0.367 e. The van der Waals surface area contributed by atoms with Gasteiger partial charge in [-0.2, -0.15) is 0 Å². The zero-order chi connectivity index (χ0) is 31.5. The van der Waals surface area contributed by atoms with E-state index in [1.165, 1.54) is 69.5 Å². The molecule has 4 aromatic carbocycles. The number of anilines is 2. The van der Waals surface area contributed by atoms with E-state index in [4.69, 9.17) is 11.5 Å². The van der Waals surface area contributed by atoms with Crippen molar-refractivity contribution in [3.63, 3.8) is 0 Å². The van der Waals surface area contributed by atoms with Crippen LogP contribution in [0.5, 0.6) is 0 Å². The lowest BCUT2D eigenvalue weighted by Crippen LogP contribution is -2.42. The highest BCUT2D eigenvalue weighted by Crippen LogP contribution is 2.35. The Morgan fingerprint density at radius 3 is 1.30 bits per heavy atom. The first-order valence-corrected chi connectivity index (χ1v) is 17.4. The fourth-order valence-corrected chi connectivity index (χ4v) is 8.11. The summed E-state index contributed by atoms with van der Waals surface area (Å²) in [5, 5.41) is 12.2. The van der Waals surface area contributed by atoms with Crippen LogP contribution in [0.2, 0.25) is 0 Å². The Balaban J connectivity index is 1.01. The minimum absolute atomic E-state index is 0.215. The van der Waals surface area contributed by atoms with E-state index in [0.29, 0.717) is 12.1 Å². The van der Waals surface area contributed by atoms with E-state index >= 15 is 0 Å². The maximum atomic E-state index is 6.41. The molecule has 9 N–H and O–H groups in total. The molecule has 4 atom stereocenters. The summed E-state index contributed by atoms with van der Waals surface area (Å²) in [7, 11) is 0. The molecule has 0 saturated heterocycles. The van der Waals surface area contributed by atoms with Gasteiger partial charge in [-0.15, -0.1) is 0 Å². The van der Waals surface area contributed by atoms with Crippen molar-refractivity contribution in [2.24, 2.45) is 11.5 Å². The predicted molar refractivity (Wildman–Crippen MR) is 198 cm³/mol. The van der Waals surface area contributed by atoms with Crippen LogP contribution in [0.4, 0.5) is 11.6 Å². The molecule has 0 radical (unpaired) electrons. The number of hydrogen-bond acceptors (Lipinski definition) is 4. The summed E-state index contributed by atoms with van der Waals surface area (Å²) >= 11 is 0. The molecular formula is C40H43N7. The molecule has 3 heterocycles. The second kappa shape index (κ2) is 11.5. The highest BCUT2D eigenvalue weighted by atomic mass is 15.1. The van der Waals surface area contributed by atoms with Gasteiger partial charge < -0.3 is 37.1 Å². The van der Waals surface area contributed by atoms with Gasteiger partial charge >= 0.3 is 0 Å². The monoisotopic (exact) mass is 621 g/mol. The van der Waals surface area contributed by atoms with Gasteiger partial charge in [0.25, 0.3) is 0 Å². The number of aromatic nitrogens is 3. The number of nitrogens with one attached hydrogen (secondary N) is 5. The molecule has 2 saturated carbocycles. The zero-order valence-electron chi connectivity index (χ0n) is 26.7. The van der Waals surface area contributed by atoms with Gasteiger partial charge in [0.15, 0.2) is 0 Å². The number of rotatable bonds is 6. The topological polar surface area (TPSA) is 123 Å². The lowest BCUT2D eigenvalue weighted by atomic mass is 9.91. The molecule has 2 aliphatic rings. The summed E-state index contributed by atoms with van der Waals surface area (Å²) in [4.78, 5) is 10.8. The van der Waals surface area contributed by atoms with Crippen molar-refractivity contribution in [1.82, 2.24) is 15.0 Å². The van der Waals surface area contributed by atoms with Gasteiger partial charge in [0, 0.05) is 67.8 Å². The Morgan fingerprint density at radius 1 is 0.447 bits per heavy atom. The first kappa shape index (κ1) is 28.5. The zero-order valence-corrected chi connectivity index (χ0v) is 26.7. The van der Waals surface area contributed by atoms with Crippen LogP contribution < -0.4 is 22.1 Å². The number of H-pyrrole nitrogens is 3. The molecule has 7 aromatic rings. The largest absolute Gasteiger partial charge is 0.367 e. The third-order valence-electron chi connectivity index (χ3n) is 10.8. The van der Waals surface area contributed by atoms with Crippen LogP contribution in [0.25, 0.3) is 65.9 Å². The smallest absolute Gasteiger partial charge is 0.104 e. The quantitative estimate of drug-likeness (QED) is 0.100. The van der Waals surface area contributed by atoms with Crippen LogP contribution in [-0.2, 0) is 0 Å². The average molecular weight is 622 g/mol. The Labute approximate surface area is 274 Å². The van der Waals surface area contributed by atoms with Gasteiger partial charge in [-0.25, -0.2) is 0 Å². The standard InChI is InChI=1S/C40H43N7/c41-31-5-1-3-7-37(31)46-39-21-27-17-23(9-13-33(27)44-39)25-11-15-35-29(19-25)30-20-26(12-16-36(30)43-35)24-10-14-34-28(18-24)22-40(45-34)47-38-8-4-2-6-32(38)42/h9-22,31-32,37-38,43-47H,1-8,41-42H2. The summed E-state index contributed by atoms with van der Waals surface area (Å²) in [6.07, 6.45) is 9.39. The molecule has 47 heavy (non-hydrogen) atoms. The normalized spacial score (nSPS) is 22.0. The molecule has 0 spiro atoms. The van der Waals surface area contributed by atoms with Crippen LogP contribution in [0.3, 0.4) is 0 Å². The van der Waals surface area contributed by atoms with Crippen molar-refractivity contribution in [2.45, 2.75) is 75.5 Å². The first-order chi connectivity index (χ1) is 23.0. The molecule has 7 heteroatoms. The van der Waals surface area contributed by atoms with E-state index in [2.05, 4.69) is 111 Å². The van der Waals surface area contributed by atoms with Crippen molar-refractivity contribution in [3.8, 4) is 22.3 Å². The first-order valence-electron chi connectivity index (χ1n) is 17.4. The van der Waals surface area contributed by atoms with Gasteiger partial charge in [-0.1, -0.05) is 49.9 Å². The van der Waals surface area contributed by atoms with Crippen LogP contribution >= 0.6 is 0 Å². The van der Waals surface area contributed by atoms with Gasteiger partial charge in [-0.05, 0) is 109 Å². The van der Waals surface area contributed by atoms with Gasteiger partial charge in [0.1, 0.15) is 11.6 Å². The highest BCUT2D eigenvalue weighted by Gasteiger charge is 2.23. The number of benzene rings is 4. The average Bonchev–Trinajstić information content (AvgIpc) is 3.79. The summed E-state index contributed by atoms with van der Waals surface area (Å²) in [5.41, 5.74) is 22.2. The van der Waals surface area contributed by atoms with Crippen molar-refractivity contribution < 1.29 is 0 Å². The van der Waals surface area contributed by atoms with Crippen molar-refractivity contribution >= 4 is 55.2 Å². The fraction of sp³-hybridized carbons (Fsp3) is 0.300. The lowest BCUT2D eigenvalue weighted by molar-refractivity contribution is 0.403. The minimum atomic E-state index is 0.215. The Hall–Kier alpha value is -4.72. The Bertz CT molecular complexity index is 2080. The molecule has 2 aliphatic carbocycles. The predicted octanol–water partition coefficient (Wildman–Crippen LogP) is 8.98. The van der Waals surface area contributed by atoms with Crippen molar-refractivity contribution in [3.05, 3.63) is 84.9 Å². The second-order valence-electron chi connectivity index (χ2n) is 14.0. The number of hydrogen-bond donors (Lipinski definition) is 7. The van der Waals surface area contributed by atoms with Crippen LogP contribution in [-0.4, -0.2) is 39.1 Å². The molecular weight excluding hydrogens is 578 g/mol. The molecule has 0 aliphatic heterocycles. The van der Waals surface area contributed by atoms with Gasteiger partial charge in [0.05, 0.1) is 0 Å². The maximum Gasteiger partial charge on any atom is 0.104 e. The van der Waals surface area contributed by atoms with E-state index < -0.39 is 0 Å². The van der Waals surface area contributed by atoms with Crippen LogP contribution in [0.1, 0.15) is 51.4 Å². The molecule has 9 rings (SSSR count). The highest BCUT2D eigenvalue weighted by molar-refractivity contribution is 6.10. The van der Waals surface area contributed by atoms with E-state index in [9.17, 15) is 0 Å². The number of fused-ring (bicyclic) bond motifs is 5. The maximum absolute atomic E-state index is 6.41. The van der Waals surface area contributed by atoms with Crippen LogP contribution in [0.15, 0.2) is 84.9 Å². The van der Waals surface area contributed by atoms with Gasteiger partial charge in [-0.3, -0.25) is 0 Å². The molecule has 4 unspecified atom stereocenters.